The van der Waals surface area contributed by atoms with Gasteiger partial charge in [0.2, 0.25) is 6.41 Å². The molecule has 7 heteroatoms. The Labute approximate surface area is 161 Å². The Morgan fingerprint density at radius 2 is 1.81 bits per heavy atom. The minimum absolute atomic E-state index is 0.347. The second kappa shape index (κ2) is 8.19. The van der Waals surface area contributed by atoms with Crippen LogP contribution in [0.15, 0.2) is 0 Å². The molecular weight excluding hydrogens is 352 g/mol. The molecule has 3 aliphatic heterocycles. The van der Waals surface area contributed by atoms with Crippen LogP contribution in [-0.2, 0) is 4.74 Å². The molecule has 0 radical (unpaired) electrons. The molecule has 1 N–H and O–H groups in total. The lowest BCUT2D eigenvalue weighted by atomic mass is 9.64. The SMILES string of the molecule is CCOC(O)N1CCC2(CC(N3CCC(N4CCC[C@@H]4C(F)F)CC3)C2)C1. The molecule has 1 unspecified atom stereocenters. The molecule has 0 bridgehead atoms. The van der Waals surface area contributed by atoms with Gasteiger partial charge in [-0.2, -0.15) is 0 Å². The summed E-state index contributed by atoms with van der Waals surface area (Å²) in [7, 11) is 0. The van der Waals surface area contributed by atoms with Crippen molar-refractivity contribution in [1.29, 1.82) is 0 Å². The van der Waals surface area contributed by atoms with E-state index in [2.05, 4.69) is 14.7 Å². The Bertz CT molecular complexity index is 496. The maximum Gasteiger partial charge on any atom is 0.253 e. The Morgan fingerprint density at radius 1 is 1.07 bits per heavy atom. The maximum absolute atomic E-state index is 13.2. The molecule has 3 saturated heterocycles. The quantitative estimate of drug-likeness (QED) is 0.709. The van der Waals surface area contributed by atoms with E-state index in [0.29, 0.717) is 30.5 Å². The first-order valence-electron chi connectivity index (χ1n) is 10.8. The van der Waals surface area contributed by atoms with Crippen molar-refractivity contribution in [3.05, 3.63) is 0 Å². The number of piperidine rings is 1. The third-order valence-electron chi connectivity index (χ3n) is 7.55. The monoisotopic (exact) mass is 387 g/mol. The molecular formula is C20H35F2N3O2. The van der Waals surface area contributed by atoms with Crippen molar-refractivity contribution in [2.75, 3.05) is 39.3 Å². The molecule has 3 heterocycles. The standard InChI is InChI=1S/C20H35F2N3O2/c1-2-27-19(26)24-11-7-20(14-24)12-16(13-20)23-9-5-15(6-10-23)25-8-3-4-17(25)18(21)22/h15-19,26H,2-14H2,1H3/t16?,17-,19?,20?/m1/s1. The number of nitrogens with zero attached hydrogens (tertiary/aromatic N) is 3. The topological polar surface area (TPSA) is 39.2 Å². The Morgan fingerprint density at radius 3 is 2.48 bits per heavy atom. The number of ether oxygens (including phenoxy) is 1. The van der Waals surface area contributed by atoms with Crippen LogP contribution >= 0.6 is 0 Å². The highest BCUT2D eigenvalue weighted by atomic mass is 19.3. The van der Waals surface area contributed by atoms with E-state index in [4.69, 9.17) is 4.74 Å². The van der Waals surface area contributed by atoms with E-state index in [1.165, 1.54) is 12.8 Å². The fraction of sp³-hybridized carbons (Fsp3) is 1.00. The van der Waals surface area contributed by atoms with Crippen LogP contribution in [0.4, 0.5) is 8.78 Å². The van der Waals surface area contributed by atoms with Crippen molar-refractivity contribution < 1.29 is 18.6 Å². The Hall–Kier alpha value is -0.340. The number of aliphatic hydroxyl groups excluding tert-OH is 1. The summed E-state index contributed by atoms with van der Waals surface area (Å²) in [5.74, 6) is 0. The number of alkyl halides is 2. The highest BCUT2D eigenvalue weighted by Crippen LogP contribution is 2.51. The first-order chi connectivity index (χ1) is 13.0. The molecule has 0 amide bonds. The third kappa shape index (κ3) is 4.04. The molecule has 27 heavy (non-hydrogen) atoms. The highest BCUT2D eigenvalue weighted by Gasteiger charge is 2.51. The largest absolute Gasteiger partial charge is 0.356 e. The fourth-order valence-corrected chi connectivity index (χ4v) is 6.07. The van der Waals surface area contributed by atoms with E-state index in [9.17, 15) is 13.9 Å². The summed E-state index contributed by atoms with van der Waals surface area (Å²) < 4.78 is 31.8. The lowest BCUT2D eigenvalue weighted by molar-refractivity contribution is -0.188. The van der Waals surface area contributed by atoms with E-state index in [1.54, 1.807) is 0 Å². The smallest absolute Gasteiger partial charge is 0.253 e. The van der Waals surface area contributed by atoms with Crippen molar-refractivity contribution in [2.45, 2.75) is 82.8 Å². The van der Waals surface area contributed by atoms with Crippen molar-refractivity contribution in [2.24, 2.45) is 5.41 Å². The first-order valence-corrected chi connectivity index (χ1v) is 10.8. The molecule has 0 aromatic rings. The van der Waals surface area contributed by atoms with Crippen molar-refractivity contribution >= 4 is 0 Å². The molecule has 5 nitrogen and oxygen atoms in total. The number of aliphatic hydroxyl groups is 1. The van der Waals surface area contributed by atoms with E-state index in [-0.39, 0.29) is 0 Å². The molecule has 1 spiro atoms. The van der Waals surface area contributed by atoms with Crippen LogP contribution in [0.5, 0.6) is 0 Å². The summed E-state index contributed by atoms with van der Waals surface area (Å²) in [5.41, 5.74) is 0.356. The number of rotatable bonds is 6. The third-order valence-corrected chi connectivity index (χ3v) is 7.55. The molecule has 4 fully saturated rings. The lowest BCUT2D eigenvalue weighted by Crippen LogP contribution is -2.56. The molecule has 2 atom stereocenters. The zero-order valence-electron chi connectivity index (χ0n) is 16.5. The van der Waals surface area contributed by atoms with Gasteiger partial charge < -0.3 is 14.7 Å². The Kier molecular flexibility index (Phi) is 6.05. The van der Waals surface area contributed by atoms with Crippen LogP contribution in [0.2, 0.25) is 0 Å². The van der Waals surface area contributed by atoms with Gasteiger partial charge in [0.1, 0.15) is 0 Å². The van der Waals surface area contributed by atoms with Gasteiger partial charge in [0.15, 0.2) is 0 Å². The van der Waals surface area contributed by atoms with Gasteiger partial charge in [-0.1, -0.05) is 0 Å². The van der Waals surface area contributed by atoms with Gasteiger partial charge >= 0.3 is 0 Å². The van der Waals surface area contributed by atoms with Crippen LogP contribution in [0.1, 0.15) is 51.9 Å². The molecule has 4 aliphatic rings. The molecule has 156 valence electrons. The van der Waals surface area contributed by atoms with Gasteiger partial charge in [0.05, 0.1) is 6.04 Å². The number of hydrogen-bond acceptors (Lipinski definition) is 5. The number of halogens is 2. The summed E-state index contributed by atoms with van der Waals surface area (Å²) >= 11 is 0. The van der Waals surface area contributed by atoms with Gasteiger partial charge in [0, 0.05) is 31.8 Å². The Balaban J connectivity index is 1.22. The van der Waals surface area contributed by atoms with E-state index < -0.39 is 18.9 Å². The summed E-state index contributed by atoms with van der Waals surface area (Å²) in [6.07, 6.45) is 4.24. The first kappa shape index (κ1) is 20.0. The molecule has 0 aromatic heterocycles. The second-order valence-electron chi connectivity index (χ2n) is 9.11. The van der Waals surface area contributed by atoms with Crippen LogP contribution in [0.25, 0.3) is 0 Å². The van der Waals surface area contributed by atoms with Gasteiger partial charge in [-0.15, -0.1) is 0 Å². The summed E-state index contributed by atoms with van der Waals surface area (Å²) in [6.45, 7) is 7.23. The number of likely N-dealkylation sites (tertiary alicyclic amines) is 3. The van der Waals surface area contributed by atoms with Crippen molar-refractivity contribution in [3.63, 3.8) is 0 Å². The minimum atomic E-state index is -2.20. The summed E-state index contributed by atoms with van der Waals surface area (Å²) in [4.78, 5) is 6.76. The molecule has 0 aromatic carbocycles. The fourth-order valence-electron chi connectivity index (χ4n) is 6.07. The number of hydrogen-bond donors (Lipinski definition) is 1. The van der Waals surface area contributed by atoms with Crippen molar-refractivity contribution in [1.82, 2.24) is 14.7 Å². The normalized spacial score (nSPS) is 38.1. The average molecular weight is 388 g/mol. The van der Waals surface area contributed by atoms with Crippen LogP contribution in [0, 0.1) is 5.41 Å². The molecule has 1 aliphatic carbocycles. The highest BCUT2D eigenvalue weighted by molar-refractivity contribution is 5.04. The predicted molar refractivity (Wildman–Crippen MR) is 99.6 cm³/mol. The summed E-state index contributed by atoms with van der Waals surface area (Å²) in [6, 6.07) is 0.481. The maximum atomic E-state index is 13.2. The van der Waals surface area contributed by atoms with Gasteiger partial charge in [-0.3, -0.25) is 9.80 Å². The second-order valence-corrected chi connectivity index (χ2v) is 9.11. The van der Waals surface area contributed by atoms with Crippen molar-refractivity contribution in [3.8, 4) is 0 Å². The van der Waals surface area contributed by atoms with Crippen LogP contribution in [-0.4, -0.2) is 90.1 Å². The zero-order chi connectivity index (χ0) is 19.0. The average Bonchev–Trinajstić information content (AvgIpc) is 3.28. The van der Waals surface area contributed by atoms with Crippen LogP contribution < -0.4 is 0 Å². The van der Waals surface area contributed by atoms with E-state index in [1.807, 2.05) is 6.92 Å². The van der Waals surface area contributed by atoms with Gasteiger partial charge in [-0.05, 0) is 76.9 Å². The lowest BCUT2D eigenvalue weighted by Gasteiger charge is -2.52. The predicted octanol–water partition coefficient (Wildman–Crippen LogP) is 2.35. The minimum Gasteiger partial charge on any atom is -0.356 e. The zero-order valence-corrected chi connectivity index (χ0v) is 16.5. The van der Waals surface area contributed by atoms with Gasteiger partial charge in [0.25, 0.3) is 6.43 Å². The summed E-state index contributed by atoms with van der Waals surface area (Å²) in [5, 5.41) is 10.0. The van der Waals surface area contributed by atoms with E-state index in [0.717, 1.165) is 58.4 Å². The van der Waals surface area contributed by atoms with Crippen LogP contribution in [0.3, 0.4) is 0 Å². The molecule has 4 rings (SSSR count). The van der Waals surface area contributed by atoms with E-state index >= 15 is 0 Å². The van der Waals surface area contributed by atoms with Gasteiger partial charge in [-0.25, -0.2) is 8.78 Å². The molecule has 1 saturated carbocycles.